The van der Waals surface area contributed by atoms with E-state index < -0.39 is 0 Å². The van der Waals surface area contributed by atoms with Crippen LogP contribution in [0.3, 0.4) is 0 Å². The van der Waals surface area contributed by atoms with E-state index >= 15 is 0 Å². The predicted octanol–water partition coefficient (Wildman–Crippen LogP) is 26.7. The second-order valence-corrected chi connectivity index (χ2v) is 31.7. The predicted molar refractivity (Wildman–Crippen MR) is 478 cm³/mol. The zero-order valence-electron chi connectivity index (χ0n) is 62.5. The number of rotatable bonds is 10. The van der Waals surface area contributed by atoms with Gasteiger partial charge in [0.15, 0.2) is 17.5 Å². The fourth-order valence-corrected chi connectivity index (χ4v) is 19.1. The maximum atomic E-state index is 5.96. The Morgan fingerprint density at radius 3 is 0.867 bits per heavy atom. The molecule has 0 N–H and O–H groups in total. The van der Waals surface area contributed by atoms with Gasteiger partial charge in [-0.05, 0) is 231 Å². The average Bonchev–Trinajstić information content (AvgIpc) is 0.672. The molecule has 0 spiro atoms. The van der Waals surface area contributed by atoms with Crippen LogP contribution in [0.2, 0.25) is 0 Å². The van der Waals surface area contributed by atoms with Crippen LogP contribution in [0.15, 0.2) is 370 Å². The van der Waals surface area contributed by atoms with Crippen molar-refractivity contribution in [2.24, 2.45) is 0 Å². The van der Waals surface area contributed by atoms with E-state index in [1.165, 1.54) is 108 Å². The SMILES string of the molecule is CC(C)(C)c1ccc(N2c3cc(-c4nc(-c5cc(-c6ccccc6)cc(-c6ccccc6)c5)nc(-c5cc(-c6ccccc6)cc(-c6ccccc6)c5)n4)cc4c3B(c3cc5c6cccc7cccc(c8cccc(c3N4c3ccc(-c4ccccc4)cc3)c85)c76)c3cc4c5cccc6cccc(c7cccc(c32)c74)c65)cc1. The van der Waals surface area contributed by atoms with Gasteiger partial charge in [-0.25, -0.2) is 15.0 Å². The summed E-state index contributed by atoms with van der Waals surface area (Å²) in [6.07, 6.45) is 0. The summed E-state index contributed by atoms with van der Waals surface area (Å²) in [4.78, 5) is 23.0. The number of nitrogens with zero attached hydrogens (tertiary/aromatic N) is 5. The molecule has 0 bridgehead atoms. The van der Waals surface area contributed by atoms with Crippen LogP contribution in [0.25, 0.3) is 176 Å². The molecule has 2 aliphatic rings. The number of fused-ring (bicyclic) bond motifs is 10. The second-order valence-electron chi connectivity index (χ2n) is 31.7. The normalized spacial score (nSPS) is 12.7. The maximum Gasteiger partial charge on any atom is 0.252 e. The summed E-state index contributed by atoms with van der Waals surface area (Å²) in [7, 11) is 0. The van der Waals surface area contributed by atoms with Crippen LogP contribution in [0, 0.1) is 0 Å². The van der Waals surface area contributed by atoms with Crippen molar-refractivity contribution >= 4 is 143 Å². The highest BCUT2D eigenvalue weighted by Gasteiger charge is 2.46. The first-order valence-corrected chi connectivity index (χ1v) is 39.2. The maximum absolute atomic E-state index is 5.96. The lowest BCUT2D eigenvalue weighted by molar-refractivity contribution is 0.590. The molecule has 526 valence electrons. The van der Waals surface area contributed by atoms with Gasteiger partial charge in [-0.2, -0.15) is 0 Å². The van der Waals surface area contributed by atoms with Crippen LogP contribution in [0.4, 0.5) is 34.1 Å². The lowest BCUT2D eigenvalue weighted by Gasteiger charge is -2.45. The van der Waals surface area contributed by atoms with Crippen molar-refractivity contribution in [2.45, 2.75) is 26.2 Å². The highest BCUT2D eigenvalue weighted by molar-refractivity contribution is 7.01. The molecule has 0 unspecified atom stereocenters. The number of benzene rings is 20. The van der Waals surface area contributed by atoms with Crippen molar-refractivity contribution in [3.05, 3.63) is 376 Å². The molecular formula is C107H70BN5. The largest absolute Gasteiger partial charge is 0.311 e. The van der Waals surface area contributed by atoms with E-state index in [9.17, 15) is 0 Å². The second kappa shape index (κ2) is 25.1. The van der Waals surface area contributed by atoms with Gasteiger partial charge in [-0.15, -0.1) is 0 Å². The van der Waals surface area contributed by atoms with Gasteiger partial charge in [-0.3, -0.25) is 0 Å². The van der Waals surface area contributed by atoms with E-state index in [1.54, 1.807) is 0 Å². The fraction of sp³-hybridized carbons (Fsp3) is 0.0374. The zero-order valence-corrected chi connectivity index (χ0v) is 62.5. The molecule has 0 fully saturated rings. The van der Waals surface area contributed by atoms with Crippen LogP contribution in [0.5, 0.6) is 0 Å². The molecular weight excluding hydrogens is 1370 g/mol. The molecule has 1 aromatic heterocycles. The van der Waals surface area contributed by atoms with E-state index in [1.807, 2.05) is 0 Å². The van der Waals surface area contributed by atoms with E-state index in [0.717, 1.165) is 106 Å². The third-order valence-corrected chi connectivity index (χ3v) is 24.2. The van der Waals surface area contributed by atoms with Gasteiger partial charge in [0.1, 0.15) is 0 Å². The van der Waals surface area contributed by atoms with Crippen molar-refractivity contribution in [3.63, 3.8) is 0 Å². The Labute approximate surface area is 655 Å². The Morgan fingerprint density at radius 2 is 0.513 bits per heavy atom. The fourth-order valence-electron chi connectivity index (χ4n) is 19.1. The Balaban J connectivity index is 0.885. The highest BCUT2D eigenvalue weighted by atomic mass is 15.2. The van der Waals surface area contributed by atoms with Gasteiger partial charge in [-0.1, -0.05) is 318 Å². The molecule has 0 amide bonds. The summed E-state index contributed by atoms with van der Waals surface area (Å²) in [5.41, 5.74) is 24.8. The van der Waals surface area contributed by atoms with E-state index in [-0.39, 0.29) is 12.1 Å². The molecule has 2 aliphatic heterocycles. The Hall–Kier alpha value is -14.3. The Bertz CT molecular complexity index is 7160. The first-order chi connectivity index (χ1) is 55.7. The molecule has 3 heterocycles. The van der Waals surface area contributed by atoms with E-state index in [2.05, 4.69) is 401 Å². The van der Waals surface area contributed by atoms with Crippen LogP contribution in [-0.2, 0) is 5.41 Å². The summed E-state index contributed by atoms with van der Waals surface area (Å²) >= 11 is 0. The summed E-state index contributed by atoms with van der Waals surface area (Å²) < 4.78 is 0. The smallest absolute Gasteiger partial charge is 0.252 e. The van der Waals surface area contributed by atoms with Gasteiger partial charge in [0.25, 0.3) is 6.71 Å². The van der Waals surface area contributed by atoms with E-state index in [4.69, 9.17) is 15.0 Å². The molecule has 23 rings (SSSR count). The third-order valence-electron chi connectivity index (χ3n) is 24.2. The molecule has 5 nitrogen and oxygen atoms in total. The molecule has 0 saturated carbocycles. The summed E-state index contributed by atoms with van der Waals surface area (Å²) in [5.74, 6) is 1.65. The summed E-state index contributed by atoms with van der Waals surface area (Å²) in [6, 6.07) is 138. The summed E-state index contributed by atoms with van der Waals surface area (Å²) in [5, 5.41) is 19.9. The average molecular weight is 1440 g/mol. The topological polar surface area (TPSA) is 45.2 Å². The molecule has 0 aliphatic carbocycles. The first-order valence-electron chi connectivity index (χ1n) is 39.2. The lowest BCUT2D eigenvalue weighted by atomic mass is 9.33. The third kappa shape index (κ3) is 10.2. The molecule has 6 heteroatoms. The lowest BCUT2D eigenvalue weighted by Crippen LogP contribution is -2.61. The molecule has 20 aromatic carbocycles. The van der Waals surface area contributed by atoms with Crippen molar-refractivity contribution in [2.75, 3.05) is 9.80 Å². The number of hydrogen-bond acceptors (Lipinski definition) is 5. The van der Waals surface area contributed by atoms with Gasteiger partial charge < -0.3 is 9.80 Å². The minimum absolute atomic E-state index is 0.114. The quantitative estimate of drug-likeness (QED) is 0.0776. The molecule has 0 radical (unpaired) electrons. The first kappa shape index (κ1) is 64.6. The highest BCUT2D eigenvalue weighted by Crippen LogP contribution is 2.54. The monoisotopic (exact) mass is 1440 g/mol. The minimum Gasteiger partial charge on any atom is -0.311 e. The van der Waals surface area contributed by atoms with Gasteiger partial charge in [0, 0.05) is 61.6 Å². The van der Waals surface area contributed by atoms with E-state index in [0.29, 0.717) is 17.5 Å². The van der Waals surface area contributed by atoms with Crippen molar-refractivity contribution < 1.29 is 0 Å². The molecule has 113 heavy (non-hydrogen) atoms. The number of anilines is 6. The van der Waals surface area contributed by atoms with Crippen molar-refractivity contribution in [1.29, 1.82) is 0 Å². The standard InChI is InChI=1S/C107H70BN5/c1-107(2,3)80-49-53-82(54-50-80)113-96-62-79(106-110-104(77-57-73(66-27-11-5-12-28-66)55-74(58-77)67-29-13-6-14-30-67)109-105(111-106)78-59-75(68-31-15-7-16-32-68)56-76(60-78)69-33-17-8-18-34-69)61-95-101(96)108(94-64-92-88-42-22-38-72-36-20-40-84(98(72)88)86-44-24-46-90(100(86)92)103(94)113)93-63-91-87-41-21-37-71-35-19-39-83(97(71)87)85-43-23-45-89(99(85)91)102(93)112(95)81-51-47-70(48-52-81)65-25-9-4-10-26-65/h4-64H,1-3H3. The summed E-state index contributed by atoms with van der Waals surface area (Å²) in [6.45, 7) is 6.62. The van der Waals surface area contributed by atoms with Gasteiger partial charge in [0.05, 0.1) is 0 Å². The van der Waals surface area contributed by atoms with Crippen LogP contribution >= 0.6 is 0 Å². The molecule has 0 atom stereocenters. The Morgan fingerprint density at radius 1 is 0.230 bits per heavy atom. The van der Waals surface area contributed by atoms with Crippen molar-refractivity contribution in [3.8, 4) is 89.8 Å². The molecule has 0 saturated heterocycles. The van der Waals surface area contributed by atoms with Crippen LogP contribution < -0.4 is 26.2 Å². The van der Waals surface area contributed by atoms with Gasteiger partial charge in [0.2, 0.25) is 0 Å². The number of hydrogen-bond donors (Lipinski definition) is 0. The zero-order chi connectivity index (χ0) is 74.7. The van der Waals surface area contributed by atoms with Gasteiger partial charge >= 0.3 is 0 Å². The number of aromatic nitrogens is 3. The minimum atomic E-state index is -0.316. The molecule has 21 aromatic rings. The van der Waals surface area contributed by atoms with Crippen LogP contribution in [0.1, 0.15) is 26.3 Å². The Kier molecular flexibility index (Phi) is 14.4. The van der Waals surface area contributed by atoms with Crippen molar-refractivity contribution in [1.82, 2.24) is 15.0 Å². The van der Waals surface area contributed by atoms with Crippen LogP contribution in [-0.4, -0.2) is 21.7 Å².